The summed E-state index contributed by atoms with van der Waals surface area (Å²) in [7, 11) is -4.30. The number of rotatable bonds is 45. The molecule has 0 radical (unpaired) electrons. The van der Waals surface area contributed by atoms with Crippen LogP contribution in [0.15, 0.2) is 85.1 Å². The molecule has 0 rings (SSSR count). The second-order valence-electron chi connectivity index (χ2n) is 15.6. The van der Waals surface area contributed by atoms with Gasteiger partial charge in [0.25, 0.3) is 0 Å². The van der Waals surface area contributed by atoms with Gasteiger partial charge in [0.2, 0.25) is 0 Å². The average molecular weight is 860 g/mol. The van der Waals surface area contributed by atoms with Crippen LogP contribution in [0.3, 0.4) is 0 Å². The minimum absolute atomic E-state index is 0.0880. The zero-order valence-corrected chi connectivity index (χ0v) is 39.3. The van der Waals surface area contributed by atoms with Gasteiger partial charge in [-0.05, 0) is 64.2 Å². The van der Waals surface area contributed by atoms with Gasteiger partial charge in [0.05, 0.1) is 19.8 Å². The monoisotopic (exact) mass is 860 g/mol. The van der Waals surface area contributed by atoms with E-state index in [1.807, 2.05) is 0 Å². The average Bonchev–Trinajstić information content (AvgIpc) is 3.24. The Morgan fingerprint density at radius 2 is 0.917 bits per heavy atom. The molecule has 2 atom stereocenters. The van der Waals surface area contributed by atoms with Crippen molar-refractivity contribution in [3.63, 3.8) is 0 Å². The number of hydrogen-bond acceptors (Lipinski definition) is 7. The lowest BCUT2D eigenvalue weighted by Gasteiger charge is -2.20. The van der Waals surface area contributed by atoms with E-state index in [1.165, 1.54) is 103 Å². The molecule has 346 valence electrons. The highest BCUT2D eigenvalue weighted by Gasteiger charge is 2.25. The minimum atomic E-state index is -4.30. The summed E-state index contributed by atoms with van der Waals surface area (Å²) < 4.78 is 33.5. The van der Waals surface area contributed by atoms with Crippen LogP contribution in [-0.4, -0.2) is 49.9 Å². The number of allylic oxidation sites excluding steroid dienone is 14. The second kappa shape index (κ2) is 47.7. The zero-order chi connectivity index (χ0) is 43.7. The van der Waals surface area contributed by atoms with Crippen LogP contribution < -0.4 is 5.73 Å². The van der Waals surface area contributed by atoms with Crippen molar-refractivity contribution in [2.75, 3.05) is 33.0 Å². The summed E-state index contributed by atoms with van der Waals surface area (Å²) in [5.74, 6) is -0.388. The third-order valence-corrected chi connectivity index (χ3v) is 10.8. The molecule has 0 bridgehead atoms. The molecule has 0 aliphatic rings. The fourth-order valence-corrected chi connectivity index (χ4v) is 7.10. The van der Waals surface area contributed by atoms with Gasteiger partial charge in [-0.1, -0.05) is 208 Å². The molecule has 0 aliphatic heterocycles. The first kappa shape index (κ1) is 57.7. The van der Waals surface area contributed by atoms with E-state index in [1.54, 1.807) is 0 Å². The van der Waals surface area contributed by atoms with Crippen LogP contribution in [0.1, 0.15) is 194 Å². The summed E-state index contributed by atoms with van der Waals surface area (Å²) in [4.78, 5) is 22.5. The zero-order valence-electron chi connectivity index (χ0n) is 38.4. The van der Waals surface area contributed by atoms with Crippen LogP contribution in [-0.2, 0) is 27.9 Å². The predicted octanol–water partition coefficient (Wildman–Crippen LogP) is 14.9. The highest BCUT2D eigenvalue weighted by Crippen LogP contribution is 2.43. The molecule has 0 heterocycles. The van der Waals surface area contributed by atoms with Crippen molar-refractivity contribution in [2.24, 2.45) is 5.73 Å². The topological polar surface area (TPSA) is 117 Å². The molecule has 0 aromatic heterocycles. The maximum atomic E-state index is 12.6. The van der Waals surface area contributed by atoms with E-state index in [0.717, 1.165) is 64.2 Å². The van der Waals surface area contributed by atoms with Gasteiger partial charge in [-0.3, -0.25) is 13.8 Å². The molecular weight excluding hydrogens is 770 g/mol. The number of unbranched alkanes of at least 4 members (excludes halogenated alkanes) is 18. The maximum absolute atomic E-state index is 12.6. The molecule has 0 spiro atoms. The third kappa shape index (κ3) is 46.7. The van der Waals surface area contributed by atoms with Crippen molar-refractivity contribution in [3.8, 4) is 0 Å². The van der Waals surface area contributed by atoms with E-state index in [9.17, 15) is 14.3 Å². The van der Waals surface area contributed by atoms with Crippen molar-refractivity contribution in [1.29, 1.82) is 0 Å². The lowest BCUT2D eigenvalue weighted by atomic mass is 10.0. The first-order valence-electron chi connectivity index (χ1n) is 24.1. The molecule has 3 N–H and O–H groups in total. The van der Waals surface area contributed by atoms with Crippen molar-refractivity contribution in [2.45, 2.75) is 200 Å². The fourth-order valence-electron chi connectivity index (χ4n) is 6.34. The van der Waals surface area contributed by atoms with Gasteiger partial charge in [-0.15, -0.1) is 0 Å². The van der Waals surface area contributed by atoms with Gasteiger partial charge in [0, 0.05) is 19.6 Å². The Kier molecular flexibility index (Phi) is 45.9. The molecule has 0 amide bonds. The highest BCUT2D eigenvalue weighted by atomic mass is 31.2. The smallest absolute Gasteiger partial charge is 0.457 e. The van der Waals surface area contributed by atoms with Crippen LogP contribution in [0.25, 0.3) is 0 Å². The van der Waals surface area contributed by atoms with E-state index in [-0.39, 0.29) is 38.8 Å². The maximum Gasteiger partial charge on any atom is 0.472 e. The largest absolute Gasteiger partial charge is 0.472 e. The molecule has 0 fully saturated rings. The van der Waals surface area contributed by atoms with E-state index in [2.05, 4.69) is 98.9 Å². The van der Waals surface area contributed by atoms with Crippen LogP contribution in [0, 0.1) is 0 Å². The summed E-state index contributed by atoms with van der Waals surface area (Å²) in [6.07, 6.45) is 61.9. The van der Waals surface area contributed by atoms with Crippen LogP contribution in [0.5, 0.6) is 0 Å². The Balaban J connectivity index is 4.11. The Morgan fingerprint density at radius 1 is 0.517 bits per heavy atom. The van der Waals surface area contributed by atoms with Gasteiger partial charge < -0.3 is 20.1 Å². The summed E-state index contributed by atoms with van der Waals surface area (Å²) in [6.45, 7) is 4.74. The van der Waals surface area contributed by atoms with Crippen molar-refractivity contribution in [1.82, 2.24) is 0 Å². The minimum Gasteiger partial charge on any atom is -0.457 e. The van der Waals surface area contributed by atoms with E-state index < -0.39 is 13.9 Å². The molecule has 0 saturated carbocycles. The van der Waals surface area contributed by atoms with Crippen molar-refractivity contribution < 1.29 is 32.8 Å². The Morgan fingerprint density at radius 3 is 1.33 bits per heavy atom. The molecule has 60 heavy (non-hydrogen) atoms. The third-order valence-electron chi connectivity index (χ3n) is 9.83. The van der Waals surface area contributed by atoms with Gasteiger partial charge in [-0.2, -0.15) is 0 Å². The van der Waals surface area contributed by atoms with Crippen molar-refractivity contribution >= 4 is 13.8 Å². The quantitative estimate of drug-likeness (QED) is 0.0269. The predicted molar refractivity (Wildman–Crippen MR) is 256 cm³/mol. The Hall–Kier alpha value is -2.32. The number of phosphoric acid groups is 1. The lowest BCUT2D eigenvalue weighted by molar-refractivity contribution is -0.154. The standard InChI is InChI=1S/C51H90NO7P/c1-3-5-7-9-11-13-15-17-19-21-23-24-25-26-27-28-30-32-34-36-38-40-42-44-51(53)59-50(49-58-60(54,55)57-47-45-52)48-56-46-43-41-39-37-35-33-31-29-22-20-18-16-14-12-10-8-6-4-2/h5,7,11,13,17,19,23-24,26-27,30,32,36,38,50H,3-4,6,8-10,12,14-16,18,20-22,25,28-29,31,33-35,37,39-49,52H2,1-2H3,(H,54,55)/b7-5-,13-11-,19-17-,24-23-,27-26-,32-30-,38-36-. The second-order valence-corrected chi connectivity index (χ2v) is 17.1. The van der Waals surface area contributed by atoms with Gasteiger partial charge in [0.1, 0.15) is 6.10 Å². The van der Waals surface area contributed by atoms with E-state index in [0.29, 0.717) is 13.0 Å². The van der Waals surface area contributed by atoms with E-state index in [4.69, 9.17) is 24.3 Å². The fraction of sp³-hybridized carbons (Fsp3) is 0.706. The lowest BCUT2D eigenvalue weighted by Crippen LogP contribution is -2.28. The number of ether oxygens (including phenoxy) is 2. The number of esters is 1. The summed E-state index contributed by atoms with van der Waals surface area (Å²) in [5.41, 5.74) is 5.38. The van der Waals surface area contributed by atoms with Crippen LogP contribution in [0.4, 0.5) is 0 Å². The SMILES string of the molecule is CC/C=C\C/C=C\C/C=C\C/C=C\C/C=C\C/C=C\C/C=C\CCCC(=O)OC(COCCCCCCCCCCCCCCCCCCCC)COP(=O)(O)OCCN. The Bertz CT molecular complexity index is 1190. The molecule has 2 unspecified atom stereocenters. The molecule has 8 nitrogen and oxygen atoms in total. The molecule has 0 aliphatic carbocycles. The molecular formula is C51H90NO7P. The number of carbonyl (C=O) groups excluding carboxylic acids is 1. The molecule has 0 aromatic rings. The number of hydrogen-bond donors (Lipinski definition) is 2. The number of nitrogens with two attached hydrogens (primary N) is 1. The first-order chi connectivity index (χ1) is 29.4. The van der Waals surface area contributed by atoms with Gasteiger partial charge in [0.15, 0.2) is 0 Å². The first-order valence-corrected chi connectivity index (χ1v) is 25.6. The molecule has 0 saturated heterocycles. The van der Waals surface area contributed by atoms with Crippen molar-refractivity contribution in [3.05, 3.63) is 85.1 Å². The summed E-state index contributed by atoms with van der Waals surface area (Å²) in [6, 6.07) is 0. The van der Waals surface area contributed by atoms with Gasteiger partial charge >= 0.3 is 13.8 Å². The normalized spacial score (nSPS) is 14.1. The van der Waals surface area contributed by atoms with Crippen LogP contribution in [0.2, 0.25) is 0 Å². The van der Waals surface area contributed by atoms with E-state index >= 15 is 0 Å². The van der Waals surface area contributed by atoms with Gasteiger partial charge in [-0.25, -0.2) is 4.57 Å². The highest BCUT2D eigenvalue weighted by molar-refractivity contribution is 7.47. The molecule has 9 heteroatoms. The Labute approximate surface area is 368 Å². The number of carbonyl (C=O) groups is 1. The number of phosphoric ester groups is 1. The summed E-state index contributed by atoms with van der Waals surface area (Å²) in [5, 5.41) is 0. The molecule has 0 aromatic carbocycles. The summed E-state index contributed by atoms with van der Waals surface area (Å²) >= 11 is 0. The van der Waals surface area contributed by atoms with Crippen LogP contribution >= 0.6 is 7.82 Å².